The van der Waals surface area contributed by atoms with Gasteiger partial charge in [-0.05, 0) is 18.6 Å². The van der Waals surface area contributed by atoms with Crippen molar-refractivity contribution >= 4 is 16.7 Å². The highest BCUT2D eigenvalue weighted by Gasteiger charge is 2.09. The number of fused-ring (bicyclic) bond motifs is 1. The number of carbonyl (C=O) groups excluding carboxylic acids is 1. The first-order valence-electron chi connectivity index (χ1n) is 4.43. The van der Waals surface area contributed by atoms with Gasteiger partial charge in [-0.15, -0.1) is 10.2 Å². The molecule has 0 saturated carbocycles. The van der Waals surface area contributed by atoms with Crippen molar-refractivity contribution in [1.82, 2.24) is 10.2 Å². The molecule has 3 nitrogen and oxygen atoms in total. The van der Waals surface area contributed by atoms with Gasteiger partial charge in [0.25, 0.3) is 0 Å². The molecule has 0 saturated heterocycles. The lowest BCUT2D eigenvalue weighted by atomic mass is 10.1. The largest absolute Gasteiger partial charge is 0.293 e. The van der Waals surface area contributed by atoms with Gasteiger partial charge in [0, 0.05) is 12.3 Å². The average molecular weight is 186 g/mol. The molecule has 2 rings (SSSR count). The number of hydrogen-bond acceptors (Lipinski definition) is 3. The second-order valence-corrected chi connectivity index (χ2v) is 3.25. The molecule has 2 aromatic rings. The van der Waals surface area contributed by atoms with Crippen LogP contribution >= 0.6 is 0 Å². The summed E-state index contributed by atoms with van der Waals surface area (Å²) in [5.41, 5.74) is 2.20. The molecule has 1 aromatic carbocycles. The molecule has 0 fully saturated rings. The van der Waals surface area contributed by atoms with E-state index in [1.165, 1.54) is 6.92 Å². The Hall–Kier alpha value is -1.77. The van der Waals surface area contributed by atoms with Crippen LogP contribution in [0.15, 0.2) is 24.3 Å². The van der Waals surface area contributed by atoms with Crippen LogP contribution in [0.4, 0.5) is 0 Å². The third kappa shape index (κ3) is 1.27. The monoisotopic (exact) mass is 186 g/mol. The Morgan fingerprint density at radius 2 is 1.93 bits per heavy atom. The van der Waals surface area contributed by atoms with Gasteiger partial charge in [0.1, 0.15) is 5.69 Å². The quantitative estimate of drug-likeness (QED) is 0.641. The maximum atomic E-state index is 11.2. The number of hydrogen-bond donors (Lipinski definition) is 0. The number of benzene rings is 1. The molecule has 1 heterocycles. The third-order valence-corrected chi connectivity index (χ3v) is 2.25. The van der Waals surface area contributed by atoms with Gasteiger partial charge in [0.15, 0.2) is 5.78 Å². The van der Waals surface area contributed by atoms with Crippen molar-refractivity contribution in [2.45, 2.75) is 13.8 Å². The zero-order chi connectivity index (χ0) is 10.1. The number of rotatable bonds is 1. The van der Waals surface area contributed by atoms with Gasteiger partial charge in [0.2, 0.25) is 0 Å². The van der Waals surface area contributed by atoms with Crippen LogP contribution in [-0.2, 0) is 0 Å². The molecule has 1 aromatic heterocycles. The van der Waals surface area contributed by atoms with Crippen LogP contribution in [0.1, 0.15) is 23.0 Å². The highest BCUT2D eigenvalue weighted by atomic mass is 16.1. The molecule has 0 aliphatic rings. The maximum Gasteiger partial charge on any atom is 0.180 e. The number of ketones is 1. The highest BCUT2D eigenvalue weighted by molar-refractivity contribution is 5.97. The van der Waals surface area contributed by atoms with Gasteiger partial charge < -0.3 is 0 Å². The van der Waals surface area contributed by atoms with E-state index in [1.54, 1.807) is 0 Å². The lowest BCUT2D eigenvalue weighted by molar-refractivity contribution is 0.101. The Morgan fingerprint density at radius 1 is 1.21 bits per heavy atom. The summed E-state index contributed by atoms with van der Waals surface area (Å²) in [6.07, 6.45) is 0. The van der Waals surface area contributed by atoms with Gasteiger partial charge in [-0.25, -0.2) is 0 Å². The second kappa shape index (κ2) is 3.18. The van der Waals surface area contributed by atoms with Crippen LogP contribution in [-0.4, -0.2) is 16.0 Å². The Labute approximate surface area is 81.8 Å². The van der Waals surface area contributed by atoms with Crippen molar-refractivity contribution in [3.63, 3.8) is 0 Å². The van der Waals surface area contributed by atoms with Crippen molar-refractivity contribution in [3.8, 4) is 0 Å². The molecule has 0 radical (unpaired) electrons. The molecule has 0 unspecified atom stereocenters. The van der Waals surface area contributed by atoms with Gasteiger partial charge in [-0.1, -0.05) is 18.2 Å². The smallest absolute Gasteiger partial charge is 0.180 e. The molecule has 3 heteroatoms. The molecule has 0 aliphatic carbocycles. The molecule has 0 spiro atoms. The molecule has 0 atom stereocenters. The van der Waals surface area contributed by atoms with Crippen molar-refractivity contribution < 1.29 is 4.79 Å². The standard InChI is InChI=1S/C11H10N2O/c1-7-9-5-3-4-6-10(9)12-13-11(7)8(2)14/h3-6H,1-2H3. The minimum absolute atomic E-state index is 0.0410. The molecule has 0 N–H and O–H groups in total. The molecule has 0 amide bonds. The van der Waals surface area contributed by atoms with Crippen LogP contribution in [0.2, 0.25) is 0 Å². The van der Waals surface area contributed by atoms with Gasteiger partial charge >= 0.3 is 0 Å². The molecule has 0 aliphatic heterocycles. The molecule has 0 bridgehead atoms. The van der Waals surface area contributed by atoms with Crippen LogP contribution in [0.25, 0.3) is 10.9 Å². The normalized spacial score (nSPS) is 10.4. The molecule has 14 heavy (non-hydrogen) atoms. The van der Waals surface area contributed by atoms with E-state index in [0.29, 0.717) is 5.69 Å². The summed E-state index contributed by atoms with van der Waals surface area (Å²) in [5, 5.41) is 8.89. The topological polar surface area (TPSA) is 42.9 Å². The summed E-state index contributed by atoms with van der Waals surface area (Å²) >= 11 is 0. The van der Waals surface area contributed by atoms with Gasteiger partial charge in [-0.2, -0.15) is 0 Å². The Kier molecular flexibility index (Phi) is 2.00. The molecule has 70 valence electrons. The number of aromatic nitrogens is 2. The van der Waals surface area contributed by atoms with E-state index in [-0.39, 0.29) is 5.78 Å². The molecular formula is C11H10N2O. The van der Waals surface area contributed by atoms with Crippen molar-refractivity contribution in [3.05, 3.63) is 35.5 Å². The summed E-state index contributed by atoms with van der Waals surface area (Å²) in [6.45, 7) is 3.40. The SMILES string of the molecule is CC(=O)c1nnc2ccccc2c1C. The fraction of sp³-hybridized carbons (Fsp3) is 0.182. The van der Waals surface area contributed by atoms with Crippen molar-refractivity contribution in [1.29, 1.82) is 0 Å². The van der Waals surface area contributed by atoms with Gasteiger partial charge in [0.05, 0.1) is 5.52 Å². The summed E-state index contributed by atoms with van der Waals surface area (Å²) in [5.74, 6) is -0.0410. The second-order valence-electron chi connectivity index (χ2n) is 3.25. The number of nitrogens with zero attached hydrogens (tertiary/aromatic N) is 2. The Bertz CT molecular complexity index is 506. The number of Topliss-reactive ketones (excluding diaryl/α,β-unsaturated/α-hetero) is 1. The fourth-order valence-corrected chi connectivity index (χ4v) is 1.52. The summed E-state index contributed by atoms with van der Waals surface area (Å²) < 4.78 is 0. The van der Waals surface area contributed by atoms with Crippen LogP contribution in [0, 0.1) is 6.92 Å². The van der Waals surface area contributed by atoms with E-state index in [4.69, 9.17) is 0 Å². The summed E-state index contributed by atoms with van der Waals surface area (Å²) in [7, 11) is 0. The first-order chi connectivity index (χ1) is 6.70. The number of carbonyl (C=O) groups is 1. The van der Waals surface area contributed by atoms with Crippen LogP contribution in [0.3, 0.4) is 0 Å². The minimum Gasteiger partial charge on any atom is -0.293 e. The summed E-state index contributed by atoms with van der Waals surface area (Å²) in [6, 6.07) is 7.68. The Morgan fingerprint density at radius 3 is 2.64 bits per heavy atom. The predicted molar refractivity (Wildman–Crippen MR) is 54.3 cm³/mol. The first-order valence-corrected chi connectivity index (χ1v) is 4.43. The highest BCUT2D eigenvalue weighted by Crippen LogP contribution is 2.17. The maximum absolute atomic E-state index is 11.2. The van der Waals surface area contributed by atoms with E-state index in [9.17, 15) is 4.79 Å². The summed E-state index contributed by atoms with van der Waals surface area (Å²) in [4.78, 5) is 11.2. The van der Waals surface area contributed by atoms with E-state index < -0.39 is 0 Å². The number of aryl methyl sites for hydroxylation is 1. The first kappa shape index (κ1) is 8.81. The van der Waals surface area contributed by atoms with Gasteiger partial charge in [-0.3, -0.25) is 4.79 Å². The zero-order valence-electron chi connectivity index (χ0n) is 8.11. The van der Waals surface area contributed by atoms with E-state index in [1.807, 2.05) is 31.2 Å². The third-order valence-electron chi connectivity index (χ3n) is 2.25. The van der Waals surface area contributed by atoms with Crippen LogP contribution in [0.5, 0.6) is 0 Å². The average Bonchev–Trinajstić information content (AvgIpc) is 2.18. The van der Waals surface area contributed by atoms with Crippen molar-refractivity contribution in [2.75, 3.05) is 0 Å². The minimum atomic E-state index is -0.0410. The fourth-order valence-electron chi connectivity index (χ4n) is 1.52. The lowest BCUT2D eigenvalue weighted by Gasteiger charge is -2.03. The zero-order valence-corrected chi connectivity index (χ0v) is 8.11. The predicted octanol–water partition coefficient (Wildman–Crippen LogP) is 2.14. The van der Waals surface area contributed by atoms with E-state index in [0.717, 1.165) is 16.5 Å². The lowest BCUT2D eigenvalue weighted by Crippen LogP contribution is -2.03. The van der Waals surface area contributed by atoms with Crippen molar-refractivity contribution in [2.24, 2.45) is 0 Å². The van der Waals surface area contributed by atoms with E-state index in [2.05, 4.69) is 10.2 Å². The molecular weight excluding hydrogens is 176 g/mol. The van der Waals surface area contributed by atoms with E-state index >= 15 is 0 Å². The van der Waals surface area contributed by atoms with Crippen LogP contribution < -0.4 is 0 Å². The Balaban J connectivity index is 2.81.